The van der Waals surface area contributed by atoms with Crippen LogP contribution >= 0.6 is 0 Å². The van der Waals surface area contributed by atoms with Gasteiger partial charge >= 0.3 is 0 Å². The van der Waals surface area contributed by atoms with Crippen molar-refractivity contribution < 1.29 is 14.7 Å². The SMILES string of the molecule is CCC(=O)NOC1CC(O)C1. The number of aliphatic hydroxyl groups excluding tert-OH is 1. The summed E-state index contributed by atoms with van der Waals surface area (Å²) in [5.41, 5.74) is 2.30. The molecule has 1 rings (SSSR count). The molecule has 11 heavy (non-hydrogen) atoms. The Morgan fingerprint density at radius 3 is 2.82 bits per heavy atom. The van der Waals surface area contributed by atoms with Crippen LogP contribution < -0.4 is 5.48 Å². The van der Waals surface area contributed by atoms with E-state index in [1.54, 1.807) is 6.92 Å². The monoisotopic (exact) mass is 159 g/mol. The first-order chi connectivity index (χ1) is 5.22. The van der Waals surface area contributed by atoms with Gasteiger partial charge in [0.15, 0.2) is 0 Å². The lowest BCUT2D eigenvalue weighted by molar-refractivity contribution is -0.151. The van der Waals surface area contributed by atoms with Gasteiger partial charge in [-0.05, 0) is 0 Å². The Morgan fingerprint density at radius 1 is 1.73 bits per heavy atom. The Kier molecular flexibility index (Phi) is 2.84. The zero-order valence-electron chi connectivity index (χ0n) is 6.54. The number of aliphatic hydroxyl groups is 1. The zero-order chi connectivity index (χ0) is 8.27. The van der Waals surface area contributed by atoms with Gasteiger partial charge in [0.05, 0.1) is 12.2 Å². The van der Waals surface area contributed by atoms with E-state index in [4.69, 9.17) is 9.94 Å². The maximum Gasteiger partial charge on any atom is 0.243 e. The first-order valence-corrected chi connectivity index (χ1v) is 3.85. The van der Waals surface area contributed by atoms with E-state index in [-0.39, 0.29) is 18.1 Å². The average molecular weight is 159 g/mol. The third kappa shape index (κ3) is 2.48. The highest BCUT2D eigenvalue weighted by Gasteiger charge is 2.28. The molecule has 1 aliphatic carbocycles. The second kappa shape index (κ2) is 3.69. The quantitative estimate of drug-likeness (QED) is 0.568. The molecule has 0 aliphatic heterocycles. The van der Waals surface area contributed by atoms with Crippen LogP contribution in [0.15, 0.2) is 0 Å². The van der Waals surface area contributed by atoms with Gasteiger partial charge in [0.1, 0.15) is 0 Å². The summed E-state index contributed by atoms with van der Waals surface area (Å²) in [5, 5.41) is 8.85. The van der Waals surface area contributed by atoms with Gasteiger partial charge in [-0.25, -0.2) is 5.48 Å². The van der Waals surface area contributed by atoms with Gasteiger partial charge in [-0.2, -0.15) is 0 Å². The second-order valence-electron chi connectivity index (χ2n) is 2.74. The lowest BCUT2D eigenvalue weighted by atomic mass is 9.93. The minimum absolute atomic E-state index is 0.0144. The van der Waals surface area contributed by atoms with Crippen molar-refractivity contribution in [2.24, 2.45) is 0 Å². The van der Waals surface area contributed by atoms with Crippen LogP contribution in [0.5, 0.6) is 0 Å². The summed E-state index contributed by atoms with van der Waals surface area (Å²) < 4.78 is 0. The highest BCUT2D eigenvalue weighted by Crippen LogP contribution is 2.21. The van der Waals surface area contributed by atoms with Gasteiger partial charge in [0, 0.05) is 19.3 Å². The molecule has 4 heteroatoms. The zero-order valence-corrected chi connectivity index (χ0v) is 6.54. The van der Waals surface area contributed by atoms with Crippen molar-refractivity contribution in [3.63, 3.8) is 0 Å². The molecule has 1 fully saturated rings. The smallest absolute Gasteiger partial charge is 0.243 e. The van der Waals surface area contributed by atoms with Crippen LogP contribution in [-0.2, 0) is 9.63 Å². The highest BCUT2D eigenvalue weighted by molar-refractivity contribution is 5.74. The molecule has 0 bridgehead atoms. The first kappa shape index (κ1) is 8.49. The molecular weight excluding hydrogens is 146 g/mol. The second-order valence-corrected chi connectivity index (χ2v) is 2.74. The predicted molar refractivity (Wildman–Crippen MR) is 38.5 cm³/mol. The fourth-order valence-corrected chi connectivity index (χ4v) is 0.855. The van der Waals surface area contributed by atoms with Crippen molar-refractivity contribution in [3.05, 3.63) is 0 Å². The minimum Gasteiger partial charge on any atom is -0.393 e. The van der Waals surface area contributed by atoms with E-state index < -0.39 is 0 Å². The number of carbonyl (C=O) groups excluding carboxylic acids is 1. The molecule has 1 saturated carbocycles. The van der Waals surface area contributed by atoms with E-state index in [0.717, 1.165) is 0 Å². The van der Waals surface area contributed by atoms with E-state index in [0.29, 0.717) is 19.3 Å². The molecule has 0 aromatic heterocycles. The van der Waals surface area contributed by atoms with E-state index >= 15 is 0 Å². The summed E-state index contributed by atoms with van der Waals surface area (Å²) >= 11 is 0. The Balaban J connectivity index is 2.00. The molecule has 0 aromatic carbocycles. The van der Waals surface area contributed by atoms with Gasteiger partial charge < -0.3 is 5.11 Å². The van der Waals surface area contributed by atoms with Crippen molar-refractivity contribution in [1.29, 1.82) is 0 Å². The highest BCUT2D eigenvalue weighted by atomic mass is 16.7. The van der Waals surface area contributed by atoms with Crippen LogP contribution in [0.2, 0.25) is 0 Å². The van der Waals surface area contributed by atoms with Crippen LogP contribution in [0.3, 0.4) is 0 Å². The van der Waals surface area contributed by atoms with Gasteiger partial charge in [-0.1, -0.05) is 6.92 Å². The molecular formula is C7H13NO3. The minimum atomic E-state index is -0.237. The Hall–Kier alpha value is -0.610. The normalized spacial score (nSPS) is 29.3. The fraction of sp³-hybridized carbons (Fsp3) is 0.857. The Bertz CT molecular complexity index is 143. The number of hydrogen-bond acceptors (Lipinski definition) is 3. The number of amides is 1. The Labute approximate surface area is 65.5 Å². The van der Waals surface area contributed by atoms with Crippen molar-refractivity contribution in [1.82, 2.24) is 5.48 Å². The van der Waals surface area contributed by atoms with Crippen molar-refractivity contribution in [2.45, 2.75) is 38.4 Å². The van der Waals surface area contributed by atoms with Crippen LogP contribution in [0, 0.1) is 0 Å². The predicted octanol–water partition coefficient (Wildman–Crippen LogP) is -0.0325. The van der Waals surface area contributed by atoms with Gasteiger partial charge in [0.2, 0.25) is 5.91 Å². The fourth-order valence-electron chi connectivity index (χ4n) is 0.855. The molecule has 64 valence electrons. The third-order valence-electron chi connectivity index (χ3n) is 1.73. The maximum absolute atomic E-state index is 10.6. The Morgan fingerprint density at radius 2 is 2.36 bits per heavy atom. The molecule has 0 aromatic rings. The van der Waals surface area contributed by atoms with Crippen molar-refractivity contribution in [2.75, 3.05) is 0 Å². The molecule has 0 heterocycles. The molecule has 1 amide bonds. The van der Waals surface area contributed by atoms with E-state index in [9.17, 15) is 4.79 Å². The van der Waals surface area contributed by atoms with Gasteiger partial charge in [-0.15, -0.1) is 0 Å². The summed E-state index contributed by atoms with van der Waals surface area (Å²) in [4.78, 5) is 15.6. The standard InChI is InChI=1S/C7H13NO3/c1-2-7(10)8-11-6-3-5(9)4-6/h5-6,9H,2-4H2,1H3,(H,8,10). The number of nitrogens with one attached hydrogen (secondary N) is 1. The molecule has 0 saturated heterocycles. The van der Waals surface area contributed by atoms with E-state index in [1.807, 2.05) is 0 Å². The molecule has 0 atom stereocenters. The van der Waals surface area contributed by atoms with Crippen LogP contribution in [0.25, 0.3) is 0 Å². The van der Waals surface area contributed by atoms with Crippen LogP contribution in [-0.4, -0.2) is 23.2 Å². The van der Waals surface area contributed by atoms with Crippen molar-refractivity contribution >= 4 is 5.91 Å². The molecule has 0 radical (unpaired) electrons. The lowest BCUT2D eigenvalue weighted by Gasteiger charge is -2.30. The summed E-state index contributed by atoms with van der Waals surface area (Å²) in [7, 11) is 0. The third-order valence-corrected chi connectivity index (χ3v) is 1.73. The van der Waals surface area contributed by atoms with Crippen LogP contribution in [0.1, 0.15) is 26.2 Å². The topological polar surface area (TPSA) is 58.6 Å². The maximum atomic E-state index is 10.6. The summed E-state index contributed by atoms with van der Waals surface area (Å²) in [6.45, 7) is 1.76. The summed E-state index contributed by atoms with van der Waals surface area (Å²) in [6.07, 6.45) is 1.46. The molecule has 1 aliphatic rings. The largest absolute Gasteiger partial charge is 0.393 e. The molecule has 0 spiro atoms. The molecule has 2 N–H and O–H groups in total. The number of rotatable bonds is 3. The number of hydroxylamine groups is 1. The van der Waals surface area contributed by atoms with E-state index in [2.05, 4.69) is 5.48 Å². The summed E-state index contributed by atoms with van der Waals surface area (Å²) in [5.74, 6) is -0.119. The van der Waals surface area contributed by atoms with Crippen molar-refractivity contribution in [3.8, 4) is 0 Å². The lowest BCUT2D eigenvalue weighted by Crippen LogP contribution is -2.40. The van der Waals surface area contributed by atoms with Crippen LogP contribution in [0.4, 0.5) is 0 Å². The van der Waals surface area contributed by atoms with Gasteiger partial charge in [0.25, 0.3) is 0 Å². The summed E-state index contributed by atoms with van der Waals surface area (Å²) in [6, 6.07) is 0. The van der Waals surface area contributed by atoms with Gasteiger partial charge in [-0.3, -0.25) is 9.63 Å². The first-order valence-electron chi connectivity index (χ1n) is 3.85. The molecule has 4 nitrogen and oxygen atoms in total. The van der Waals surface area contributed by atoms with E-state index in [1.165, 1.54) is 0 Å². The number of hydrogen-bond donors (Lipinski definition) is 2. The number of carbonyl (C=O) groups is 1. The molecule has 0 unspecified atom stereocenters. The average Bonchev–Trinajstić information content (AvgIpc) is 1.95.